The second kappa shape index (κ2) is 3.86. The molecule has 2 nitrogen and oxygen atoms in total. The number of aryl methyl sites for hydroxylation is 1. The van der Waals surface area contributed by atoms with Gasteiger partial charge in [-0.2, -0.15) is 0 Å². The van der Waals surface area contributed by atoms with E-state index >= 15 is 0 Å². The first kappa shape index (κ1) is 10.5. The van der Waals surface area contributed by atoms with Crippen molar-refractivity contribution in [2.24, 2.45) is 0 Å². The topological polar surface area (TPSA) is 17.3 Å². The van der Waals surface area contributed by atoms with Gasteiger partial charge in [-0.3, -0.25) is 0 Å². The molecule has 0 aliphatic carbocycles. The molecule has 2 aromatic heterocycles. The summed E-state index contributed by atoms with van der Waals surface area (Å²) in [6.45, 7) is 6.37. The summed E-state index contributed by atoms with van der Waals surface area (Å²) in [5.74, 6) is 0.927. The average Bonchev–Trinajstić information content (AvgIpc) is 2.57. The zero-order valence-corrected chi connectivity index (χ0v) is 10.0. The van der Waals surface area contributed by atoms with E-state index in [2.05, 4.69) is 36.2 Å². The van der Waals surface area contributed by atoms with Gasteiger partial charge in [0.15, 0.2) is 0 Å². The zero-order chi connectivity index (χ0) is 11.0. The van der Waals surface area contributed by atoms with E-state index < -0.39 is 0 Å². The fraction of sp³-hybridized carbons (Fsp3) is 0.417. The highest BCUT2D eigenvalue weighted by Crippen LogP contribution is 2.23. The van der Waals surface area contributed by atoms with Crippen molar-refractivity contribution in [2.45, 2.75) is 32.6 Å². The number of aromatic nitrogens is 2. The molecule has 0 saturated carbocycles. The van der Waals surface area contributed by atoms with E-state index in [-0.39, 0.29) is 0 Å². The summed E-state index contributed by atoms with van der Waals surface area (Å²) in [6, 6.07) is 4.11. The molecule has 0 unspecified atom stereocenters. The van der Waals surface area contributed by atoms with E-state index in [1.807, 2.05) is 12.3 Å². The summed E-state index contributed by atoms with van der Waals surface area (Å²) in [6.07, 6.45) is 2.03. The highest BCUT2D eigenvalue weighted by molar-refractivity contribution is 6.17. The quantitative estimate of drug-likeness (QED) is 0.711. The van der Waals surface area contributed by atoms with Gasteiger partial charge >= 0.3 is 0 Å². The molecular weight excluding hydrogens is 208 g/mol. The molecule has 0 amide bonds. The van der Waals surface area contributed by atoms with Crippen molar-refractivity contribution in [1.82, 2.24) is 9.38 Å². The van der Waals surface area contributed by atoms with Crippen molar-refractivity contribution >= 4 is 17.2 Å². The maximum atomic E-state index is 5.99. The van der Waals surface area contributed by atoms with Crippen molar-refractivity contribution in [2.75, 3.05) is 0 Å². The normalized spacial score (nSPS) is 11.5. The second-order valence-electron chi connectivity index (χ2n) is 4.12. The van der Waals surface area contributed by atoms with E-state index in [0.29, 0.717) is 11.8 Å². The molecule has 0 fully saturated rings. The molecule has 2 heterocycles. The number of alkyl halides is 1. The summed E-state index contributed by atoms with van der Waals surface area (Å²) >= 11 is 5.99. The summed E-state index contributed by atoms with van der Waals surface area (Å²) in [5, 5.41) is 0. The highest BCUT2D eigenvalue weighted by atomic mass is 35.5. The van der Waals surface area contributed by atoms with Crippen LogP contribution in [0.3, 0.4) is 0 Å². The first-order chi connectivity index (χ1) is 7.15. The molecule has 0 bridgehead atoms. The molecule has 0 radical (unpaired) electrons. The molecule has 0 aromatic carbocycles. The van der Waals surface area contributed by atoms with E-state index in [0.717, 1.165) is 17.0 Å². The van der Waals surface area contributed by atoms with Crippen LogP contribution in [0.5, 0.6) is 0 Å². The number of nitrogens with zero attached hydrogens (tertiary/aromatic N) is 2. The van der Waals surface area contributed by atoms with Crippen LogP contribution in [0.2, 0.25) is 0 Å². The Morgan fingerprint density at radius 3 is 2.80 bits per heavy atom. The minimum Gasteiger partial charge on any atom is -0.302 e. The van der Waals surface area contributed by atoms with Crippen molar-refractivity contribution in [3.8, 4) is 0 Å². The van der Waals surface area contributed by atoms with Crippen LogP contribution in [0.1, 0.15) is 36.7 Å². The Morgan fingerprint density at radius 1 is 1.47 bits per heavy atom. The number of fused-ring (bicyclic) bond motifs is 1. The van der Waals surface area contributed by atoms with Crippen LogP contribution in [0.15, 0.2) is 18.3 Å². The zero-order valence-electron chi connectivity index (χ0n) is 9.29. The fourth-order valence-corrected chi connectivity index (χ4v) is 2.13. The predicted octanol–water partition coefficient (Wildman–Crippen LogP) is 3.50. The molecule has 0 spiro atoms. The second-order valence-corrected chi connectivity index (χ2v) is 4.38. The number of rotatable bonds is 2. The monoisotopic (exact) mass is 222 g/mol. The first-order valence-electron chi connectivity index (χ1n) is 5.17. The Kier molecular flexibility index (Phi) is 2.70. The van der Waals surface area contributed by atoms with Crippen LogP contribution >= 0.6 is 11.6 Å². The lowest BCUT2D eigenvalue weighted by atomic mass is 10.1. The van der Waals surface area contributed by atoms with E-state index in [1.165, 1.54) is 5.56 Å². The van der Waals surface area contributed by atoms with Crippen molar-refractivity contribution in [3.63, 3.8) is 0 Å². The number of halogens is 1. The SMILES string of the molecule is Cc1cccn2c(CCl)c(C(C)C)nc12. The molecular formula is C12H15ClN2. The molecule has 0 atom stereocenters. The first-order valence-corrected chi connectivity index (χ1v) is 5.71. The summed E-state index contributed by atoms with van der Waals surface area (Å²) in [4.78, 5) is 4.66. The van der Waals surface area contributed by atoms with Crippen LogP contribution in [0.4, 0.5) is 0 Å². The van der Waals surface area contributed by atoms with Crippen LogP contribution in [-0.2, 0) is 5.88 Å². The molecule has 0 saturated heterocycles. The Bertz CT molecular complexity index is 486. The molecule has 15 heavy (non-hydrogen) atoms. The van der Waals surface area contributed by atoms with E-state index in [4.69, 9.17) is 11.6 Å². The lowest BCUT2D eigenvalue weighted by Crippen LogP contribution is -1.95. The van der Waals surface area contributed by atoms with Gasteiger partial charge in [-0.05, 0) is 24.5 Å². The van der Waals surface area contributed by atoms with Crippen LogP contribution in [-0.4, -0.2) is 9.38 Å². The van der Waals surface area contributed by atoms with Crippen LogP contribution < -0.4 is 0 Å². The van der Waals surface area contributed by atoms with Gasteiger partial charge in [-0.15, -0.1) is 11.6 Å². The number of imidazole rings is 1. The van der Waals surface area contributed by atoms with E-state index in [9.17, 15) is 0 Å². The van der Waals surface area contributed by atoms with Crippen molar-refractivity contribution in [3.05, 3.63) is 35.3 Å². The number of hydrogen-bond donors (Lipinski definition) is 0. The van der Waals surface area contributed by atoms with Gasteiger partial charge in [0.05, 0.1) is 17.3 Å². The summed E-state index contributed by atoms with van der Waals surface area (Å²) in [5.41, 5.74) is 4.44. The van der Waals surface area contributed by atoms with Gasteiger partial charge in [0.25, 0.3) is 0 Å². The molecule has 80 valence electrons. The average molecular weight is 223 g/mol. The lowest BCUT2D eigenvalue weighted by molar-refractivity contribution is 0.818. The highest BCUT2D eigenvalue weighted by Gasteiger charge is 2.14. The third kappa shape index (κ3) is 1.63. The predicted molar refractivity (Wildman–Crippen MR) is 63.6 cm³/mol. The van der Waals surface area contributed by atoms with Gasteiger partial charge in [0, 0.05) is 6.20 Å². The number of pyridine rings is 1. The molecule has 2 aromatic rings. The Balaban J connectivity index is 2.78. The minimum atomic E-state index is 0.415. The van der Waals surface area contributed by atoms with Gasteiger partial charge in [-0.25, -0.2) is 4.98 Å². The van der Waals surface area contributed by atoms with Crippen LogP contribution in [0, 0.1) is 6.92 Å². The number of hydrogen-bond acceptors (Lipinski definition) is 1. The fourth-order valence-electron chi connectivity index (χ4n) is 1.87. The maximum Gasteiger partial charge on any atom is 0.140 e. The van der Waals surface area contributed by atoms with Gasteiger partial charge in [0.1, 0.15) is 5.65 Å². The molecule has 3 heteroatoms. The Labute approximate surface area is 94.9 Å². The van der Waals surface area contributed by atoms with Crippen molar-refractivity contribution in [1.29, 1.82) is 0 Å². The third-order valence-electron chi connectivity index (χ3n) is 2.65. The standard InChI is InChI=1S/C12H15ClN2/c1-8(2)11-10(7-13)15-6-4-5-9(3)12(15)14-11/h4-6,8H,7H2,1-3H3. The minimum absolute atomic E-state index is 0.415. The third-order valence-corrected chi connectivity index (χ3v) is 2.90. The van der Waals surface area contributed by atoms with Gasteiger partial charge in [0.2, 0.25) is 0 Å². The summed E-state index contributed by atoms with van der Waals surface area (Å²) in [7, 11) is 0. The van der Waals surface area contributed by atoms with Gasteiger partial charge in [-0.1, -0.05) is 19.9 Å². The molecule has 0 aliphatic heterocycles. The Morgan fingerprint density at radius 2 is 2.20 bits per heavy atom. The van der Waals surface area contributed by atoms with Gasteiger partial charge < -0.3 is 4.40 Å². The van der Waals surface area contributed by atoms with Crippen molar-refractivity contribution < 1.29 is 0 Å². The molecule has 0 aliphatic rings. The Hall–Kier alpha value is -1.02. The molecule has 0 N–H and O–H groups in total. The summed E-state index contributed by atoms with van der Waals surface area (Å²) < 4.78 is 2.09. The van der Waals surface area contributed by atoms with E-state index in [1.54, 1.807) is 0 Å². The lowest BCUT2D eigenvalue weighted by Gasteiger charge is -2.03. The molecule has 2 rings (SSSR count). The maximum absolute atomic E-state index is 5.99. The smallest absolute Gasteiger partial charge is 0.140 e. The largest absolute Gasteiger partial charge is 0.302 e. The van der Waals surface area contributed by atoms with Crippen LogP contribution in [0.25, 0.3) is 5.65 Å².